The van der Waals surface area contributed by atoms with Crippen LogP contribution in [0.25, 0.3) is 0 Å². The highest BCUT2D eigenvalue weighted by molar-refractivity contribution is 5.92. The predicted molar refractivity (Wildman–Crippen MR) is 74.4 cm³/mol. The van der Waals surface area contributed by atoms with Crippen LogP contribution < -0.4 is 5.32 Å². The molecule has 2 bridgehead atoms. The van der Waals surface area contributed by atoms with Gasteiger partial charge in [-0.3, -0.25) is 14.6 Å². The number of hydrogen-bond donors (Lipinski definition) is 1. The summed E-state index contributed by atoms with van der Waals surface area (Å²) in [5.41, 5.74) is 1.05. The number of aryl methyl sites for hydroxylation is 1. The Hall–Kier alpha value is -1.98. The number of methoxy groups -OCH3 is 1. The highest BCUT2D eigenvalue weighted by atomic mass is 16.5. The average molecular weight is 289 g/mol. The van der Waals surface area contributed by atoms with Gasteiger partial charge in [-0.25, -0.2) is 4.98 Å². The number of hydrogen-bond acceptors (Lipinski definition) is 5. The number of amides is 1. The number of rotatable bonds is 3. The predicted octanol–water partition coefficient (Wildman–Crippen LogP) is 1.10. The van der Waals surface area contributed by atoms with Crippen LogP contribution in [0.15, 0.2) is 12.4 Å². The van der Waals surface area contributed by atoms with E-state index in [1.807, 2.05) is 6.92 Å². The first-order valence-corrected chi connectivity index (χ1v) is 7.27. The van der Waals surface area contributed by atoms with Crippen molar-refractivity contribution >= 4 is 11.9 Å². The van der Waals surface area contributed by atoms with Crippen LogP contribution in [0, 0.1) is 24.7 Å². The van der Waals surface area contributed by atoms with Crippen molar-refractivity contribution in [1.82, 2.24) is 15.3 Å². The summed E-state index contributed by atoms with van der Waals surface area (Å²) in [7, 11) is 1.40. The first-order chi connectivity index (χ1) is 10.1. The van der Waals surface area contributed by atoms with Crippen molar-refractivity contribution in [2.45, 2.75) is 32.2 Å². The molecule has 4 atom stereocenters. The monoisotopic (exact) mass is 289 g/mol. The molecule has 21 heavy (non-hydrogen) atoms. The SMILES string of the molecule is COC(=O)[C@@H]1[C@H]2CC[C@@H](C2)[C@@H]1NC(=O)c1cnc(C)cn1. The highest BCUT2D eigenvalue weighted by Gasteiger charge is 2.52. The molecule has 0 radical (unpaired) electrons. The minimum atomic E-state index is -0.269. The maximum atomic E-state index is 12.3. The summed E-state index contributed by atoms with van der Waals surface area (Å²) < 4.78 is 4.90. The number of carbonyl (C=O) groups excluding carboxylic acids is 2. The summed E-state index contributed by atoms with van der Waals surface area (Å²) in [6.45, 7) is 1.82. The molecule has 1 aromatic rings. The molecule has 112 valence electrons. The molecule has 0 spiro atoms. The molecule has 0 aliphatic heterocycles. The highest BCUT2D eigenvalue weighted by Crippen LogP contribution is 2.48. The molecule has 1 heterocycles. The molecule has 1 N–H and O–H groups in total. The second kappa shape index (κ2) is 5.42. The zero-order chi connectivity index (χ0) is 15.0. The lowest BCUT2D eigenvalue weighted by Gasteiger charge is -2.29. The van der Waals surface area contributed by atoms with Gasteiger partial charge in [-0.15, -0.1) is 0 Å². The Balaban J connectivity index is 1.75. The molecule has 1 amide bonds. The summed E-state index contributed by atoms with van der Waals surface area (Å²) in [5, 5.41) is 2.97. The zero-order valence-electron chi connectivity index (χ0n) is 12.2. The molecule has 6 nitrogen and oxygen atoms in total. The topological polar surface area (TPSA) is 81.2 Å². The molecule has 6 heteroatoms. The summed E-state index contributed by atoms with van der Waals surface area (Å²) >= 11 is 0. The number of ether oxygens (including phenoxy) is 1. The van der Waals surface area contributed by atoms with Crippen molar-refractivity contribution in [3.63, 3.8) is 0 Å². The van der Waals surface area contributed by atoms with Gasteiger partial charge in [0.15, 0.2) is 0 Å². The van der Waals surface area contributed by atoms with Gasteiger partial charge in [-0.2, -0.15) is 0 Å². The van der Waals surface area contributed by atoms with E-state index in [0.29, 0.717) is 11.8 Å². The molecule has 0 unspecified atom stereocenters. The number of aromatic nitrogens is 2. The van der Waals surface area contributed by atoms with Gasteiger partial charge in [-0.1, -0.05) is 0 Å². The lowest BCUT2D eigenvalue weighted by Crippen LogP contribution is -2.47. The van der Waals surface area contributed by atoms with Crippen molar-refractivity contribution in [1.29, 1.82) is 0 Å². The van der Waals surface area contributed by atoms with Crippen LogP contribution in [0.4, 0.5) is 0 Å². The quantitative estimate of drug-likeness (QED) is 0.843. The molecule has 0 saturated heterocycles. The van der Waals surface area contributed by atoms with Crippen LogP contribution in [0.1, 0.15) is 35.4 Å². The third kappa shape index (κ3) is 2.50. The largest absolute Gasteiger partial charge is 0.469 e. The molecule has 2 aliphatic rings. The van der Waals surface area contributed by atoms with Gasteiger partial charge in [0.2, 0.25) is 0 Å². The first kappa shape index (κ1) is 14.0. The molecular weight excluding hydrogens is 270 g/mol. The van der Waals surface area contributed by atoms with Gasteiger partial charge < -0.3 is 10.1 Å². The third-order valence-corrected chi connectivity index (χ3v) is 4.70. The fourth-order valence-electron chi connectivity index (χ4n) is 3.71. The van der Waals surface area contributed by atoms with Crippen molar-refractivity contribution in [2.24, 2.45) is 17.8 Å². The molecular formula is C15H19N3O3. The normalized spacial score (nSPS) is 30.2. The number of fused-ring (bicyclic) bond motifs is 2. The van der Waals surface area contributed by atoms with Crippen LogP contribution in [-0.2, 0) is 9.53 Å². The van der Waals surface area contributed by atoms with Crippen LogP contribution in [0.3, 0.4) is 0 Å². The van der Waals surface area contributed by atoms with E-state index in [1.54, 1.807) is 6.20 Å². The Labute approximate surface area is 123 Å². The Morgan fingerprint density at radius 3 is 2.67 bits per heavy atom. The van der Waals surface area contributed by atoms with Gasteiger partial charge >= 0.3 is 5.97 Å². The van der Waals surface area contributed by atoms with Gasteiger partial charge in [0.05, 0.1) is 24.9 Å². The maximum Gasteiger partial charge on any atom is 0.311 e. The summed E-state index contributed by atoms with van der Waals surface area (Å²) in [6, 6.07) is -0.146. The molecule has 1 aromatic heterocycles. The lowest BCUT2D eigenvalue weighted by molar-refractivity contribution is -0.148. The summed E-state index contributed by atoms with van der Waals surface area (Å²) in [5.74, 6) is -0.0224. The molecule has 2 aliphatic carbocycles. The zero-order valence-corrected chi connectivity index (χ0v) is 12.2. The van der Waals surface area contributed by atoms with Crippen LogP contribution >= 0.6 is 0 Å². The first-order valence-electron chi connectivity index (χ1n) is 7.27. The second-order valence-corrected chi connectivity index (χ2v) is 5.92. The number of esters is 1. The summed E-state index contributed by atoms with van der Waals surface area (Å²) in [6.07, 6.45) is 6.12. The van der Waals surface area contributed by atoms with Gasteiger partial charge in [-0.05, 0) is 38.0 Å². The van der Waals surface area contributed by atoms with Crippen molar-refractivity contribution in [3.05, 3.63) is 23.8 Å². The molecule has 2 saturated carbocycles. The van der Waals surface area contributed by atoms with E-state index in [2.05, 4.69) is 15.3 Å². The van der Waals surface area contributed by atoms with Gasteiger partial charge in [0.25, 0.3) is 5.91 Å². The Kier molecular flexibility index (Phi) is 3.61. The fourth-order valence-corrected chi connectivity index (χ4v) is 3.71. The second-order valence-electron chi connectivity index (χ2n) is 5.92. The minimum Gasteiger partial charge on any atom is -0.469 e. The average Bonchev–Trinajstić information content (AvgIpc) is 3.08. The van der Waals surface area contributed by atoms with Gasteiger partial charge in [0, 0.05) is 12.2 Å². The van der Waals surface area contributed by atoms with E-state index in [0.717, 1.165) is 25.0 Å². The number of nitrogens with zero attached hydrogens (tertiary/aromatic N) is 2. The maximum absolute atomic E-state index is 12.3. The van der Waals surface area contributed by atoms with E-state index in [-0.39, 0.29) is 29.5 Å². The van der Waals surface area contributed by atoms with Crippen molar-refractivity contribution in [2.75, 3.05) is 7.11 Å². The minimum absolute atomic E-state index is 0.146. The van der Waals surface area contributed by atoms with E-state index >= 15 is 0 Å². The number of carbonyl (C=O) groups is 2. The third-order valence-electron chi connectivity index (χ3n) is 4.70. The van der Waals surface area contributed by atoms with E-state index in [9.17, 15) is 9.59 Å². The van der Waals surface area contributed by atoms with Crippen LogP contribution in [0.2, 0.25) is 0 Å². The summed E-state index contributed by atoms with van der Waals surface area (Å²) in [4.78, 5) is 32.4. The fraction of sp³-hybridized carbons (Fsp3) is 0.600. The standard InChI is InChI=1S/C15H19N3O3/c1-8-6-17-11(7-16-8)14(19)18-13-10-4-3-9(5-10)12(13)15(20)21-2/h6-7,9-10,12-13H,3-5H2,1-2H3,(H,18,19)/t9-,10-,12+,13-/m0/s1. The Morgan fingerprint density at radius 1 is 1.24 bits per heavy atom. The molecule has 2 fully saturated rings. The Bertz CT molecular complexity index is 558. The number of nitrogens with one attached hydrogen (secondary N) is 1. The Morgan fingerprint density at radius 2 is 2.00 bits per heavy atom. The van der Waals surface area contributed by atoms with E-state index in [4.69, 9.17) is 4.74 Å². The van der Waals surface area contributed by atoms with Crippen molar-refractivity contribution in [3.8, 4) is 0 Å². The van der Waals surface area contributed by atoms with Crippen LogP contribution in [0.5, 0.6) is 0 Å². The smallest absolute Gasteiger partial charge is 0.311 e. The lowest BCUT2D eigenvalue weighted by atomic mass is 9.84. The molecule has 0 aromatic carbocycles. The van der Waals surface area contributed by atoms with Gasteiger partial charge in [0.1, 0.15) is 5.69 Å². The van der Waals surface area contributed by atoms with E-state index in [1.165, 1.54) is 13.3 Å². The van der Waals surface area contributed by atoms with Crippen molar-refractivity contribution < 1.29 is 14.3 Å². The molecule has 3 rings (SSSR count). The van der Waals surface area contributed by atoms with E-state index < -0.39 is 0 Å². The van der Waals surface area contributed by atoms with Crippen LogP contribution in [-0.4, -0.2) is 35.0 Å².